The summed E-state index contributed by atoms with van der Waals surface area (Å²) < 4.78 is 13.4. The number of rotatable bonds is 4. The maximum atomic E-state index is 13.4. The second kappa shape index (κ2) is 5.29. The molecule has 0 spiro atoms. The highest BCUT2D eigenvalue weighted by Gasteiger charge is 2.13. The predicted octanol–water partition coefficient (Wildman–Crippen LogP) is 2.78. The number of nitrogens with two attached hydrogens (primary N) is 1. The molecule has 0 fully saturated rings. The van der Waals surface area contributed by atoms with Gasteiger partial charge in [0.05, 0.1) is 0 Å². The van der Waals surface area contributed by atoms with E-state index in [1.54, 1.807) is 12.1 Å². The van der Waals surface area contributed by atoms with Gasteiger partial charge < -0.3 is 0 Å². The first kappa shape index (κ1) is 11.4. The van der Waals surface area contributed by atoms with Crippen molar-refractivity contribution in [2.75, 3.05) is 0 Å². The third-order valence-electron chi connectivity index (χ3n) is 2.12. The van der Waals surface area contributed by atoms with Crippen LogP contribution in [0.15, 0.2) is 18.2 Å². The quantitative estimate of drug-likeness (QED) is 0.600. The molecule has 1 atom stereocenters. The average molecular weight is 217 g/mol. The van der Waals surface area contributed by atoms with Crippen molar-refractivity contribution in [2.24, 2.45) is 5.84 Å². The molecular formula is C10H14ClFN2. The molecule has 14 heavy (non-hydrogen) atoms. The van der Waals surface area contributed by atoms with Crippen LogP contribution in [0.2, 0.25) is 5.02 Å². The van der Waals surface area contributed by atoms with Crippen LogP contribution in [0.3, 0.4) is 0 Å². The van der Waals surface area contributed by atoms with Crippen LogP contribution in [0, 0.1) is 5.82 Å². The third kappa shape index (κ3) is 2.67. The van der Waals surface area contributed by atoms with Crippen molar-refractivity contribution in [2.45, 2.75) is 25.8 Å². The Morgan fingerprint density at radius 3 is 2.79 bits per heavy atom. The Bertz CT molecular complexity index is 304. The van der Waals surface area contributed by atoms with Gasteiger partial charge in [0.2, 0.25) is 0 Å². The van der Waals surface area contributed by atoms with Gasteiger partial charge >= 0.3 is 0 Å². The fourth-order valence-corrected chi connectivity index (χ4v) is 1.56. The van der Waals surface area contributed by atoms with Gasteiger partial charge in [-0.05, 0) is 18.6 Å². The van der Waals surface area contributed by atoms with Crippen molar-refractivity contribution in [3.05, 3.63) is 34.6 Å². The minimum absolute atomic E-state index is 0.141. The van der Waals surface area contributed by atoms with E-state index >= 15 is 0 Å². The number of hydrogen-bond acceptors (Lipinski definition) is 2. The molecule has 0 heterocycles. The molecular weight excluding hydrogens is 203 g/mol. The van der Waals surface area contributed by atoms with E-state index < -0.39 is 0 Å². The summed E-state index contributed by atoms with van der Waals surface area (Å²) in [7, 11) is 0. The molecule has 2 nitrogen and oxygen atoms in total. The van der Waals surface area contributed by atoms with Crippen LogP contribution in [0.1, 0.15) is 31.4 Å². The van der Waals surface area contributed by atoms with Gasteiger partial charge in [-0.3, -0.25) is 11.3 Å². The molecule has 1 unspecified atom stereocenters. The van der Waals surface area contributed by atoms with Gasteiger partial charge in [0.25, 0.3) is 0 Å². The summed E-state index contributed by atoms with van der Waals surface area (Å²) in [6, 6.07) is 4.49. The molecule has 0 amide bonds. The SMILES string of the molecule is CCCC(NN)c1ccc(Cl)cc1F. The molecule has 0 aliphatic rings. The minimum Gasteiger partial charge on any atom is -0.271 e. The highest BCUT2D eigenvalue weighted by molar-refractivity contribution is 6.30. The molecule has 78 valence electrons. The Balaban J connectivity index is 2.92. The maximum Gasteiger partial charge on any atom is 0.129 e. The molecule has 0 aliphatic heterocycles. The molecule has 0 aromatic heterocycles. The van der Waals surface area contributed by atoms with E-state index in [2.05, 4.69) is 5.43 Å². The van der Waals surface area contributed by atoms with Gasteiger partial charge in [-0.25, -0.2) is 4.39 Å². The third-order valence-corrected chi connectivity index (χ3v) is 2.35. The number of hydrogen-bond donors (Lipinski definition) is 2. The molecule has 0 saturated carbocycles. The standard InChI is InChI=1S/C10H14ClFN2/c1-2-3-10(14-13)8-5-4-7(11)6-9(8)12/h4-6,10,14H,2-3,13H2,1H3. The van der Waals surface area contributed by atoms with Crippen molar-refractivity contribution in [3.8, 4) is 0 Å². The molecule has 1 aromatic carbocycles. The molecule has 1 aromatic rings. The van der Waals surface area contributed by atoms with Crippen molar-refractivity contribution in [1.82, 2.24) is 5.43 Å². The first-order valence-electron chi connectivity index (χ1n) is 4.60. The number of halogens is 2. The van der Waals surface area contributed by atoms with Crippen LogP contribution < -0.4 is 11.3 Å². The lowest BCUT2D eigenvalue weighted by Gasteiger charge is -2.15. The van der Waals surface area contributed by atoms with Gasteiger partial charge in [-0.1, -0.05) is 31.0 Å². The number of benzene rings is 1. The van der Waals surface area contributed by atoms with E-state index in [9.17, 15) is 4.39 Å². The molecule has 0 radical (unpaired) electrons. The van der Waals surface area contributed by atoms with Gasteiger partial charge in [-0.15, -0.1) is 0 Å². The Hall–Kier alpha value is -0.640. The van der Waals surface area contributed by atoms with Crippen LogP contribution in [0.25, 0.3) is 0 Å². The average Bonchev–Trinajstić information content (AvgIpc) is 2.15. The topological polar surface area (TPSA) is 38.0 Å². The molecule has 3 N–H and O–H groups in total. The van der Waals surface area contributed by atoms with Crippen molar-refractivity contribution in [1.29, 1.82) is 0 Å². The summed E-state index contributed by atoms with van der Waals surface area (Å²) in [5.41, 5.74) is 3.16. The second-order valence-corrected chi connectivity index (χ2v) is 3.61. The summed E-state index contributed by atoms with van der Waals surface area (Å²) in [5, 5.41) is 0.401. The summed E-state index contributed by atoms with van der Waals surface area (Å²) >= 11 is 5.65. The zero-order valence-electron chi connectivity index (χ0n) is 8.06. The zero-order valence-corrected chi connectivity index (χ0v) is 8.81. The van der Waals surface area contributed by atoms with Crippen molar-refractivity contribution >= 4 is 11.6 Å². The monoisotopic (exact) mass is 216 g/mol. The van der Waals surface area contributed by atoms with Gasteiger partial charge in [0, 0.05) is 16.6 Å². The Morgan fingerprint density at radius 2 is 2.29 bits per heavy atom. The number of nitrogens with one attached hydrogen (secondary N) is 1. The van der Waals surface area contributed by atoms with E-state index in [0.29, 0.717) is 10.6 Å². The maximum absolute atomic E-state index is 13.4. The van der Waals surface area contributed by atoms with Crippen LogP contribution >= 0.6 is 11.6 Å². The first-order chi connectivity index (χ1) is 6.69. The summed E-state index contributed by atoms with van der Waals surface area (Å²) in [6.45, 7) is 2.03. The highest BCUT2D eigenvalue weighted by atomic mass is 35.5. The fraction of sp³-hybridized carbons (Fsp3) is 0.400. The zero-order chi connectivity index (χ0) is 10.6. The lowest BCUT2D eigenvalue weighted by molar-refractivity contribution is 0.481. The van der Waals surface area contributed by atoms with E-state index in [1.807, 2.05) is 6.92 Å². The summed E-state index contributed by atoms with van der Waals surface area (Å²) in [5.74, 6) is 5.04. The van der Waals surface area contributed by atoms with Crippen LogP contribution in [-0.4, -0.2) is 0 Å². The normalized spacial score (nSPS) is 12.9. The van der Waals surface area contributed by atoms with Gasteiger partial charge in [0.15, 0.2) is 0 Å². The Labute approximate surface area is 88.2 Å². The molecule has 0 saturated heterocycles. The second-order valence-electron chi connectivity index (χ2n) is 3.17. The number of hydrazine groups is 1. The molecule has 4 heteroatoms. The lowest BCUT2D eigenvalue weighted by Crippen LogP contribution is -2.28. The molecule has 1 rings (SSSR count). The van der Waals surface area contributed by atoms with E-state index in [1.165, 1.54) is 6.07 Å². The van der Waals surface area contributed by atoms with Crippen LogP contribution in [0.5, 0.6) is 0 Å². The van der Waals surface area contributed by atoms with E-state index in [0.717, 1.165) is 12.8 Å². The van der Waals surface area contributed by atoms with Crippen LogP contribution in [0.4, 0.5) is 4.39 Å². The van der Waals surface area contributed by atoms with Gasteiger partial charge in [0.1, 0.15) is 5.82 Å². The summed E-state index contributed by atoms with van der Waals surface area (Å²) in [4.78, 5) is 0. The van der Waals surface area contributed by atoms with Crippen molar-refractivity contribution in [3.63, 3.8) is 0 Å². The molecule has 0 bridgehead atoms. The lowest BCUT2D eigenvalue weighted by atomic mass is 10.0. The predicted molar refractivity (Wildman–Crippen MR) is 56.4 cm³/mol. The Kier molecular flexibility index (Phi) is 4.32. The van der Waals surface area contributed by atoms with Gasteiger partial charge in [-0.2, -0.15) is 0 Å². The van der Waals surface area contributed by atoms with Crippen LogP contribution in [-0.2, 0) is 0 Å². The largest absolute Gasteiger partial charge is 0.271 e. The van der Waals surface area contributed by atoms with E-state index in [4.69, 9.17) is 17.4 Å². The van der Waals surface area contributed by atoms with E-state index in [-0.39, 0.29) is 11.9 Å². The minimum atomic E-state index is -0.311. The fourth-order valence-electron chi connectivity index (χ4n) is 1.40. The first-order valence-corrected chi connectivity index (χ1v) is 4.98. The molecule has 0 aliphatic carbocycles. The smallest absolute Gasteiger partial charge is 0.129 e. The van der Waals surface area contributed by atoms with Crippen molar-refractivity contribution < 1.29 is 4.39 Å². The highest BCUT2D eigenvalue weighted by Crippen LogP contribution is 2.23. The Morgan fingerprint density at radius 1 is 1.57 bits per heavy atom. The summed E-state index contributed by atoms with van der Waals surface area (Å²) in [6.07, 6.45) is 1.74.